The van der Waals surface area contributed by atoms with Crippen LogP contribution in [-0.2, 0) is 4.79 Å². The lowest BCUT2D eigenvalue weighted by atomic mass is 9.96. The van der Waals surface area contributed by atoms with Crippen LogP contribution in [-0.4, -0.2) is 60.1 Å². The molecule has 0 atom stereocenters. The molecule has 1 saturated carbocycles. The molecule has 0 spiro atoms. The fourth-order valence-electron chi connectivity index (χ4n) is 4.57. The molecule has 3 amide bonds. The van der Waals surface area contributed by atoms with Gasteiger partial charge in [-0.25, -0.2) is 4.79 Å². The zero-order chi connectivity index (χ0) is 22.2. The summed E-state index contributed by atoms with van der Waals surface area (Å²) >= 11 is 4.01. The van der Waals surface area contributed by atoms with Crippen molar-refractivity contribution in [1.82, 2.24) is 15.5 Å². The summed E-state index contributed by atoms with van der Waals surface area (Å²) in [5, 5.41) is 6.20. The monoisotopic (exact) mass is 477 g/mol. The van der Waals surface area contributed by atoms with Gasteiger partial charge in [-0.15, -0.1) is 23.5 Å². The van der Waals surface area contributed by atoms with E-state index in [4.69, 9.17) is 4.74 Å². The Bertz CT molecular complexity index is 741. The summed E-state index contributed by atoms with van der Waals surface area (Å²) in [6.45, 7) is 1.38. The molecule has 0 radical (unpaired) electrons. The van der Waals surface area contributed by atoms with Gasteiger partial charge in [0.25, 0.3) is 5.91 Å². The zero-order valence-corrected chi connectivity index (χ0v) is 20.4. The standard InChI is InChI=1S/C24H35N3O3S2/c28-22(17-30-21-9-7-18(8-10-21)23-31-15-4-16-32-23)27-13-11-20(12-14-27)26-24(29)25-19-5-2-1-3-6-19/h7-10,19-20,23H,1-6,11-17H2,(H2,25,26,29). The normalized spacial score (nSPS) is 21.2. The predicted molar refractivity (Wildman–Crippen MR) is 132 cm³/mol. The van der Waals surface area contributed by atoms with Gasteiger partial charge in [-0.2, -0.15) is 0 Å². The molecular weight excluding hydrogens is 442 g/mol. The number of nitrogens with zero attached hydrogens (tertiary/aromatic N) is 1. The first-order valence-electron chi connectivity index (χ1n) is 12.0. The lowest BCUT2D eigenvalue weighted by Gasteiger charge is -2.33. The van der Waals surface area contributed by atoms with Crippen molar-refractivity contribution in [2.24, 2.45) is 0 Å². The predicted octanol–water partition coefficient (Wildman–Crippen LogP) is 4.56. The average Bonchev–Trinajstić information content (AvgIpc) is 2.84. The van der Waals surface area contributed by atoms with Crippen LogP contribution >= 0.6 is 23.5 Å². The van der Waals surface area contributed by atoms with Crippen molar-refractivity contribution in [3.8, 4) is 5.75 Å². The summed E-state index contributed by atoms with van der Waals surface area (Å²) < 4.78 is 6.27. The molecule has 2 saturated heterocycles. The summed E-state index contributed by atoms with van der Waals surface area (Å²) in [6.07, 6.45) is 8.72. The van der Waals surface area contributed by atoms with Crippen molar-refractivity contribution >= 4 is 35.5 Å². The number of thioether (sulfide) groups is 2. The number of rotatable bonds is 6. The number of carbonyl (C=O) groups is 2. The van der Waals surface area contributed by atoms with Crippen molar-refractivity contribution < 1.29 is 14.3 Å². The smallest absolute Gasteiger partial charge is 0.315 e. The molecule has 0 aromatic heterocycles. The molecular formula is C24H35N3O3S2. The van der Waals surface area contributed by atoms with E-state index in [9.17, 15) is 9.59 Å². The van der Waals surface area contributed by atoms with Crippen molar-refractivity contribution in [3.05, 3.63) is 29.8 Å². The lowest BCUT2D eigenvalue weighted by molar-refractivity contribution is -0.134. The summed E-state index contributed by atoms with van der Waals surface area (Å²) in [7, 11) is 0. The minimum Gasteiger partial charge on any atom is -0.484 e. The summed E-state index contributed by atoms with van der Waals surface area (Å²) in [5.74, 6) is 3.20. The zero-order valence-electron chi connectivity index (χ0n) is 18.7. The first-order valence-corrected chi connectivity index (χ1v) is 14.1. The van der Waals surface area contributed by atoms with Crippen LogP contribution in [0.4, 0.5) is 4.79 Å². The molecule has 3 aliphatic rings. The summed E-state index contributed by atoms with van der Waals surface area (Å²) in [6, 6.07) is 8.57. The van der Waals surface area contributed by atoms with Gasteiger partial charge in [0.05, 0.1) is 4.58 Å². The third-order valence-electron chi connectivity index (χ3n) is 6.46. The maximum atomic E-state index is 12.6. The molecule has 0 bridgehead atoms. The Morgan fingerprint density at radius 3 is 2.16 bits per heavy atom. The van der Waals surface area contributed by atoms with Crippen LogP contribution in [0.1, 0.15) is 61.5 Å². The number of benzene rings is 1. The highest BCUT2D eigenvalue weighted by Gasteiger charge is 2.25. The first-order chi connectivity index (χ1) is 15.7. The van der Waals surface area contributed by atoms with Crippen molar-refractivity contribution in [1.29, 1.82) is 0 Å². The Balaban J connectivity index is 1.14. The highest BCUT2D eigenvalue weighted by Crippen LogP contribution is 2.43. The van der Waals surface area contributed by atoms with Crippen LogP contribution < -0.4 is 15.4 Å². The van der Waals surface area contributed by atoms with Gasteiger partial charge in [0.1, 0.15) is 5.75 Å². The van der Waals surface area contributed by atoms with Crippen molar-refractivity contribution in [2.75, 3.05) is 31.2 Å². The summed E-state index contributed by atoms with van der Waals surface area (Å²) in [5.41, 5.74) is 1.32. The third-order valence-corrected chi connectivity index (χ3v) is 9.48. The first kappa shape index (κ1) is 23.6. The SMILES string of the molecule is O=C(NC1CCCCC1)NC1CCN(C(=O)COc2ccc(C3SCCCS3)cc2)CC1. The molecule has 2 heterocycles. The average molecular weight is 478 g/mol. The maximum absolute atomic E-state index is 12.6. The van der Waals surface area contributed by atoms with E-state index in [1.165, 1.54) is 42.8 Å². The van der Waals surface area contributed by atoms with E-state index in [0.717, 1.165) is 31.4 Å². The maximum Gasteiger partial charge on any atom is 0.315 e. The van der Waals surface area contributed by atoms with Gasteiger partial charge in [-0.3, -0.25) is 4.79 Å². The minimum absolute atomic E-state index is 0.0116. The fourth-order valence-corrected chi connectivity index (χ4v) is 7.46. The Morgan fingerprint density at radius 1 is 0.875 bits per heavy atom. The van der Waals surface area contributed by atoms with Gasteiger partial charge in [-0.1, -0.05) is 31.4 Å². The number of urea groups is 1. The summed E-state index contributed by atoms with van der Waals surface area (Å²) in [4.78, 5) is 26.7. The van der Waals surface area contributed by atoms with E-state index in [1.807, 2.05) is 40.6 Å². The van der Waals surface area contributed by atoms with E-state index in [-0.39, 0.29) is 24.6 Å². The van der Waals surface area contributed by atoms with Crippen molar-refractivity contribution in [2.45, 2.75) is 68.0 Å². The minimum atomic E-state index is -0.0570. The third kappa shape index (κ3) is 6.98. The van der Waals surface area contributed by atoms with E-state index < -0.39 is 0 Å². The molecule has 2 aliphatic heterocycles. The van der Waals surface area contributed by atoms with Gasteiger partial charge in [-0.05, 0) is 61.3 Å². The number of nitrogens with one attached hydrogen (secondary N) is 2. The number of hydrogen-bond acceptors (Lipinski definition) is 5. The highest BCUT2D eigenvalue weighted by molar-refractivity contribution is 8.16. The Kier molecular flexibility index (Phi) is 8.91. The molecule has 1 aromatic rings. The number of piperidine rings is 1. The number of ether oxygens (including phenoxy) is 1. The fraction of sp³-hybridized carbons (Fsp3) is 0.667. The van der Waals surface area contributed by atoms with Gasteiger partial charge >= 0.3 is 6.03 Å². The van der Waals surface area contributed by atoms with E-state index in [2.05, 4.69) is 22.8 Å². The molecule has 8 heteroatoms. The Labute approximate surface area is 200 Å². The molecule has 6 nitrogen and oxygen atoms in total. The van der Waals surface area contributed by atoms with Crippen LogP contribution in [0.2, 0.25) is 0 Å². The van der Waals surface area contributed by atoms with Crippen LogP contribution in [0.25, 0.3) is 0 Å². The van der Waals surface area contributed by atoms with E-state index in [0.29, 0.717) is 23.7 Å². The number of amides is 3. The molecule has 2 N–H and O–H groups in total. The second kappa shape index (κ2) is 12.1. The van der Waals surface area contributed by atoms with Gasteiger partial charge in [0.15, 0.2) is 6.61 Å². The van der Waals surface area contributed by atoms with Crippen LogP contribution in [0.5, 0.6) is 5.75 Å². The second-order valence-corrected chi connectivity index (χ2v) is 11.6. The molecule has 1 aromatic carbocycles. The molecule has 32 heavy (non-hydrogen) atoms. The number of likely N-dealkylation sites (tertiary alicyclic amines) is 1. The van der Waals surface area contributed by atoms with Crippen LogP contribution in [0.15, 0.2) is 24.3 Å². The molecule has 0 unspecified atom stereocenters. The van der Waals surface area contributed by atoms with Gasteiger partial charge in [0, 0.05) is 25.2 Å². The Hall–Kier alpha value is -1.54. The van der Waals surface area contributed by atoms with E-state index >= 15 is 0 Å². The highest BCUT2D eigenvalue weighted by atomic mass is 32.2. The van der Waals surface area contributed by atoms with Crippen LogP contribution in [0, 0.1) is 0 Å². The number of hydrogen-bond donors (Lipinski definition) is 2. The molecule has 176 valence electrons. The lowest BCUT2D eigenvalue weighted by Crippen LogP contribution is -2.51. The topological polar surface area (TPSA) is 70.7 Å². The second-order valence-electron chi connectivity index (χ2n) is 8.89. The largest absolute Gasteiger partial charge is 0.484 e. The van der Waals surface area contributed by atoms with Gasteiger partial charge < -0.3 is 20.3 Å². The number of carbonyl (C=O) groups excluding carboxylic acids is 2. The van der Waals surface area contributed by atoms with Gasteiger partial charge in [0.2, 0.25) is 0 Å². The van der Waals surface area contributed by atoms with Crippen molar-refractivity contribution in [3.63, 3.8) is 0 Å². The molecule has 3 fully saturated rings. The van der Waals surface area contributed by atoms with Crippen LogP contribution in [0.3, 0.4) is 0 Å². The molecule has 4 rings (SSSR count). The Morgan fingerprint density at radius 2 is 1.50 bits per heavy atom. The quantitative estimate of drug-likeness (QED) is 0.629. The van der Waals surface area contributed by atoms with E-state index in [1.54, 1.807) is 0 Å². The molecule has 1 aliphatic carbocycles.